The van der Waals surface area contributed by atoms with Crippen LogP contribution in [-0.4, -0.2) is 19.1 Å². The highest BCUT2D eigenvalue weighted by Gasteiger charge is 2.20. The summed E-state index contributed by atoms with van der Waals surface area (Å²) in [4.78, 5) is 11.7. The SMILES string of the molecule is COC(=O)C(CC(C)C)NCc1ccc(C)cc1Cl. The van der Waals surface area contributed by atoms with E-state index in [9.17, 15) is 4.79 Å². The third-order valence-corrected chi connectivity index (χ3v) is 3.29. The topological polar surface area (TPSA) is 38.3 Å². The highest BCUT2D eigenvalue weighted by atomic mass is 35.5. The molecule has 1 rings (SSSR count). The predicted molar refractivity (Wildman–Crippen MR) is 78.3 cm³/mol. The molecule has 0 saturated heterocycles. The van der Waals surface area contributed by atoms with E-state index in [1.807, 2.05) is 25.1 Å². The maximum absolute atomic E-state index is 11.7. The normalized spacial score (nSPS) is 12.5. The number of hydrogen-bond donors (Lipinski definition) is 1. The third-order valence-electron chi connectivity index (χ3n) is 2.94. The van der Waals surface area contributed by atoms with Crippen LogP contribution in [-0.2, 0) is 16.1 Å². The summed E-state index contributed by atoms with van der Waals surface area (Å²) in [5.41, 5.74) is 2.12. The van der Waals surface area contributed by atoms with Crippen molar-refractivity contribution in [3.63, 3.8) is 0 Å². The van der Waals surface area contributed by atoms with E-state index >= 15 is 0 Å². The van der Waals surface area contributed by atoms with E-state index in [-0.39, 0.29) is 12.0 Å². The van der Waals surface area contributed by atoms with Gasteiger partial charge >= 0.3 is 5.97 Å². The molecular formula is C15H22ClNO2. The summed E-state index contributed by atoms with van der Waals surface area (Å²) < 4.78 is 4.82. The average Bonchev–Trinajstić information content (AvgIpc) is 2.34. The standard InChI is InChI=1S/C15H22ClNO2/c1-10(2)7-14(15(18)19-4)17-9-12-6-5-11(3)8-13(12)16/h5-6,8,10,14,17H,7,9H2,1-4H3. The van der Waals surface area contributed by atoms with Crippen molar-refractivity contribution in [2.24, 2.45) is 5.92 Å². The number of aryl methyl sites for hydroxylation is 1. The van der Waals surface area contributed by atoms with Gasteiger partial charge in [-0.15, -0.1) is 0 Å². The Morgan fingerprint density at radius 2 is 2.11 bits per heavy atom. The van der Waals surface area contributed by atoms with Gasteiger partial charge in [-0.3, -0.25) is 4.79 Å². The number of esters is 1. The van der Waals surface area contributed by atoms with Crippen molar-refractivity contribution in [2.45, 2.75) is 39.8 Å². The number of ether oxygens (including phenoxy) is 1. The first-order chi connectivity index (χ1) is 8.93. The van der Waals surface area contributed by atoms with Gasteiger partial charge in [0.25, 0.3) is 0 Å². The van der Waals surface area contributed by atoms with E-state index in [4.69, 9.17) is 16.3 Å². The van der Waals surface area contributed by atoms with Crippen molar-refractivity contribution < 1.29 is 9.53 Å². The second-order valence-corrected chi connectivity index (χ2v) is 5.59. The maximum atomic E-state index is 11.7. The second kappa shape index (κ2) is 7.51. The molecule has 0 bridgehead atoms. The second-order valence-electron chi connectivity index (χ2n) is 5.18. The Morgan fingerprint density at radius 3 is 2.63 bits per heavy atom. The lowest BCUT2D eigenvalue weighted by Crippen LogP contribution is -2.38. The van der Waals surface area contributed by atoms with Crippen molar-refractivity contribution >= 4 is 17.6 Å². The summed E-state index contributed by atoms with van der Waals surface area (Å²) >= 11 is 6.18. The molecule has 0 radical (unpaired) electrons. The third kappa shape index (κ3) is 5.21. The lowest BCUT2D eigenvalue weighted by Gasteiger charge is -2.18. The quantitative estimate of drug-likeness (QED) is 0.814. The van der Waals surface area contributed by atoms with Crippen LogP contribution in [0.2, 0.25) is 5.02 Å². The van der Waals surface area contributed by atoms with E-state index in [0.717, 1.165) is 22.6 Å². The summed E-state index contributed by atoms with van der Waals surface area (Å²) in [6.45, 7) is 6.72. The molecule has 1 atom stereocenters. The van der Waals surface area contributed by atoms with Crippen LogP contribution in [0.4, 0.5) is 0 Å². The van der Waals surface area contributed by atoms with Crippen molar-refractivity contribution in [2.75, 3.05) is 7.11 Å². The Morgan fingerprint density at radius 1 is 1.42 bits per heavy atom. The van der Waals surface area contributed by atoms with Crippen LogP contribution in [0.25, 0.3) is 0 Å². The Bertz CT molecular complexity index is 432. The molecule has 0 aliphatic carbocycles. The highest BCUT2D eigenvalue weighted by molar-refractivity contribution is 6.31. The molecule has 0 saturated carbocycles. The first kappa shape index (κ1) is 16.0. The molecule has 0 aromatic heterocycles. The molecule has 106 valence electrons. The number of rotatable bonds is 6. The first-order valence-corrected chi connectivity index (χ1v) is 6.88. The van der Waals surface area contributed by atoms with Crippen molar-refractivity contribution in [3.8, 4) is 0 Å². The van der Waals surface area contributed by atoms with E-state index < -0.39 is 0 Å². The van der Waals surface area contributed by atoms with Crippen LogP contribution in [0.3, 0.4) is 0 Å². The van der Waals surface area contributed by atoms with Crippen LogP contribution in [0.15, 0.2) is 18.2 Å². The van der Waals surface area contributed by atoms with E-state index in [1.165, 1.54) is 7.11 Å². The minimum absolute atomic E-state index is 0.225. The van der Waals surface area contributed by atoms with Gasteiger partial charge in [0, 0.05) is 11.6 Å². The number of carbonyl (C=O) groups is 1. The molecule has 0 spiro atoms. The molecule has 1 unspecified atom stereocenters. The van der Waals surface area contributed by atoms with Gasteiger partial charge in [-0.1, -0.05) is 37.6 Å². The molecule has 3 nitrogen and oxygen atoms in total. The Kier molecular flexibility index (Phi) is 6.32. The van der Waals surface area contributed by atoms with Gasteiger partial charge in [0.1, 0.15) is 6.04 Å². The molecule has 0 aliphatic heterocycles. The van der Waals surface area contributed by atoms with Crippen molar-refractivity contribution in [1.29, 1.82) is 0 Å². The molecule has 1 aromatic carbocycles. The van der Waals surface area contributed by atoms with Crippen molar-refractivity contribution in [3.05, 3.63) is 34.3 Å². The summed E-state index contributed by atoms with van der Waals surface area (Å²) in [7, 11) is 1.41. The molecule has 0 amide bonds. The first-order valence-electron chi connectivity index (χ1n) is 6.50. The number of benzene rings is 1. The van der Waals surface area contributed by atoms with E-state index in [2.05, 4.69) is 19.2 Å². The number of methoxy groups -OCH3 is 1. The molecule has 0 fully saturated rings. The van der Waals surface area contributed by atoms with Crippen LogP contribution in [0, 0.1) is 12.8 Å². The fraction of sp³-hybridized carbons (Fsp3) is 0.533. The molecule has 1 aromatic rings. The maximum Gasteiger partial charge on any atom is 0.322 e. The van der Waals surface area contributed by atoms with Gasteiger partial charge in [0.05, 0.1) is 7.11 Å². The lowest BCUT2D eigenvalue weighted by atomic mass is 10.0. The summed E-state index contributed by atoms with van der Waals surface area (Å²) in [6, 6.07) is 5.63. The molecule has 0 aliphatic rings. The minimum Gasteiger partial charge on any atom is -0.468 e. The van der Waals surface area contributed by atoms with Crippen molar-refractivity contribution in [1.82, 2.24) is 5.32 Å². The van der Waals surface area contributed by atoms with Gasteiger partial charge in [-0.05, 0) is 36.5 Å². The van der Waals surface area contributed by atoms with Crippen LogP contribution in [0.5, 0.6) is 0 Å². The highest BCUT2D eigenvalue weighted by Crippen LogP contribution is 2.18. The zero-order valence-corrected chi connectivity index (χ0v) is 12.8. The average molecular weight is 284 g/mol. The molecule has 0 heterocycles. The molecule has 1 N–H and O–H groups in total. The van der Waals surface area contributed by atoms with Gasteiger partial charge in [0.2, 0.25) is 0 Å². The fourth-order valence-electron chi connectivity index (χ4n) is 1.91. The van der Waals surface area contributed by atoms with Crippen LogP contribution < -0.4 is 5.32 Å². The van der Waals surface area contributed by atoms with Gasteiger partial charge < -0.3 is 10.1 Å². The fourth-order valence-corrected chi connectivity index (χ4v) is 2.21. The number of hydrogen-bond acceptors (Lipinski definition) is 3. The van der Waals surface area contributed by atoms with Crippen LogP contribution >= 0.6 is 11.6 Å². The number of carbonyl (C=O) groups excluding carboxylic acids is 1. The Balaban J connectivity index is 2.67. The minimum atomic E-state index is -0.289. The zero-order chi connectivity index (χ0) is 14.4. The molecule has 4 heteroatoms. The summed E-state index contributed by atoms with van der Waals surface area (Å²) in [6.07, 6.45) is 0.746. The summed E-state index contributed by atoms with van der Waals surface area (Å²) in [5.74, 6) is 0.196. The largest absolute Gasteiger partial charge is 0.468 e. The van der Waals surface area contributed by atoms with Crippen LogP contribution in [0.1, 0.15) is 31.4 Å². The monoisotopic (exact) mass is 283 g/mol. The zero-order valence-electron chi connectivity index (χ0n) is 12.0. The van der Waals surface area contributed by atoms with Gasteiger partial charge in [-0.25, -0.2) is 0 Å². The van der Waals surface area contributed by atoms with Gasteiger partial charge in [-0.2, -0.15) is 0 Å². The number of nitrogens with one attached hydrogen (secondary N) is 1. The smallest absolute Gasteiger partial charge is 0.322 e. The van der Waals surface area contributed by atoms with Gasteiger partial charge in [0.15, 0.2) is 0 Å². The summed E-state index contributed by atoms with van der Waals surface area (Å²) in [5, 5.41) is 3.94. The number of halogens is 1. The van der Waals surface area contributed by atoms with E-state index in [1.54, 1.807) is 0 Å². The predicted octanol–water partition coefficient (Wildman–Crippen LogP) is 3.33. The lowest BCUT2D eigenvalue weighted by molar-refractivity contribution is -0.143. The molecule has 19 heavy (non-hydrogen) atoms. The molecular weight excluding hydrogens is 262 g/mol. The Hall–Kier alpha value is -1.06. The van der Waals surface area contributed by atoms with E-state index in [0.29, 0.717) is 12.5 Å². The Labute approximate surface area is 120 Å².